The van der Waals surface area contributed by atoms with Gasteiger partial charge in [0.25, 0.3) is 0 Å². The lowest BCUT2D eigenvalue weighted by Gasteiger charge is -2.23. The maximum Gasteiger partial charge on any atom is 0.0391 e. The van der Waals surface area contributed by atoms with E-state index in [2.05, 4.69) is 61.7 Å². The van der Waals surface area contributed by atoms with Crippen molar-refractivity contribution in [3.05, 3.63) is 84.2 Å². The molecule has 0 saturated heterocycles. The van der Waals surface area contributed by atoms with E-state index >= 15 is 0 Å². The quantitative estimate of drug-likeness (QED) is 0.761. The molecule has 1 aliphatic heterocycles. The summed E-state index contributed by atoms with van der Waals surface area (Å²) in [6.45, 7) is 7.90. The van der Waals surface area contributed by atoms with Crippen molar-refractivity contribution in [1.29, 1.82) is 0 Å². The Morgan fingerprint density at radius 2 is 1.50 bits per heavy atom. The highest BCUT2D eigenvalue weighted by Gasteiger charge is 2.32. The van der Waals surface area contributed by atoms with Gasteiger partial charge in [-0.05, 0) is 22.5 Å². The van der Waals surface area contributed by atoms with Crippen molar-refractivity contribution < 1.29 is 0 Å². The molecule has 0 aliphatic carbocycles. The van der Waals surface area contributed by atoms with Crippen molar-refractivity contribution in [2.45, 2.75) is 0 Å². The van der Waals surface area contributed by atoms with Crippen LogP contribution in [-0.2, 0) is 11.8 Å². The highest BCUT2D eigenvalue weighted by atomic mass is 32.4. The zero-order valence-electron chi connectivity index (χ0n) is 11.1. The summed E-state index contributed by atoms with van der Waals surface area (Å²) >= 11 is 6.19. The molecule has 0 aromatic heterocycles. The molecule has 98 valence electrons. The van der Waals surface area contributed by atoms with Gasteiger partial charge in [-0.2, -0.15) is 0 Å². The van der Waals surface area contributed by atoms with Gasteiger partial charge in [-0.15, -0.1) is 0 Å². The van der Waals surface area contributed by atoms with Crippen LogP contribution in [0.3, 0.4) is 0 Å². The lowest BCUT2D eigenvalue weighted by atomic mass is 10.2. The standard InChI is InChI=1S/C18H15PS/c1-3-14-9-5-7-11-17(14)19(20)16(4-2)13-15-10-6-8-12-18(15)19/h3-13H,1-2H2. The molecule has 2 aromatic carbocycles. The van der Waals surface area contributed by atoms with Gasteiger partial charge in [-0.3, -0.25) is 0 Å². The van der Waals surface area contributed by atoms with Crippen molar-refractivity contribution in [3.63, 3.8) is 0 Å². The Morgan fingerprint density at radius 3 is 2.20 bits per heavy atom. The normalized spacial score (nSPS) is 20.1. The van der Waals surface area contributed by atoms with Crippen molar-refractivity contribution in [2.75, 3.05) is 0 Å². The van der Waals surface area contributed by atoms with Crippen molar-refractivity contribution >= 4 is 40.6 Å². The molecule has 1 aliphatic rings. The molecule has 0 fully saturated rings. The van der Waals surface area contributed by atoms with Crippen LogP contribution in [0, 0.1) is 0 Å². The molecule has 0 nitrogen and oxygen atoms in total. The van der Waals surface area contributed by atoms with Crippen LogP contribution in [0.4, 0.5) is 0 Å². The van der Waals surface area contributed by atoms with Crippen molar-refractivity contribution in [1.82, 2.24) is 0 Å². The zero-order chi connectivity index (χ0) is 14.2. The molecular weight excluding hydrogens is 279 g/mol. The lowest BCUT2D eigenvalue weighted by molar-refractivity contribution is 1.71. The summed E-state index contributed by atoms with van der Waals surface area (Å²) in [5.41, 5.74) is 2.35. The third-order valence-electron chi connectivity index (χ3n) is 3.65. The molecule has 0 N–H and O–H groups in total. The minimum absolute atomic E-state index is 1.13. The Balaban J connectivity index is 2.36. The second-order valence-corrected chi connectivity index (χ2v) is 9.05. The largest absolute Gasteiger partial charge is 0.0984 e. The Kier molecular flexibility index (Phi) is 3.33. The molecule has 2 aromatic rings. The van der Waals surface area contributed by atoms with E-state index in [1.165, 1.54) is 21.5 Å². The smallest absolute Gasteiger partial charge is 0.0391 e. The Bertz CT molecular complexity index is 784. The first kappa shape index (κ1) is 13.3. The fourth-order valence-electron chi connectivity index (χ4n) is 2.69. The third kappa shape index (κ3) is 1.78. The monoisotopic (exact) mass is 294 g/mol. The van der Waals surface area contributed by atoms with E-state index < -0.39 is 6.04 Å². The van der Waals surface area contributed by atoms with E-state index in [1.54, 1.807) is 0 Å². The Labute approximate surface area is 125 Å². The predicted octanol–water partition coefficient (Wildman–Crippen LogP) is 4.30. The number of hydrogen-bond acceptors (Lipinski definition) is 1. The minimum atomic E-state index is -1.97. The maximum absolute atomic E-state index is 6.19. The van der Waals surface area contributed by atoms with Crippen LogP contribution in [0.25, 0.3) is 12.2 Å². The van der Waals surface area contributed by atoms with Crippen molar-refractivity contribution in [2.24, 2.45) is 0 Å². The molecule has 1 heterocycles. The molecule has 1 atom stereocenters. The lowest BCUT2D eigenvalue weighted by Crippen LogP contribution is -2.17. The summed E-state index contributed by atoms with van der Waals surface area (Å²) in [7, 11) is 0. The number of fused-ring (bicyclic) bond motifs is 1. The number of hydrogen-bond donors (Lipinski definition) is 0. The number of rotatable bonds is 3. The average molecular weight is 294 g/mol. The van der Waals surface area contributed by atoms with Gasteiger partial charge in [0.2, 0.25) is 0 Å². The van der Waals surface area contributed by atoms with E-state index in [1.807, 2.05) is 18.2 Å². The summed E-state index contributed by atoms with van der Waals surface area (Å²) in [6, 6.07) is 14.7. The third-order valence-corrected chi connectivity index (χ3v) is 8.67. The summed E-state index contributed by atoms with van der Waals surface area (Å²) in [5, 5.41) is 3.64. The fraction of sp³-hybridized carbons (Fsp3) is 0. The van der Waals surface area contributed by atoms with E-state index in [0.717, 1.165) is 5.56 Å². The highest BCUT2D eigenvalue weighted by Crippen LogP contribution is 2.58. The summed E-state index contributed by atoms with van der Waals surface area (Å²) in [5.74, 6) is 0. The first-order valence-corrected chi connectivity index (χ1v) is 9.28. The van der Waals surface area contributed by atoms with Crippen molar-refractivity contribution in [3.8, 4) is 0 Å². The molecule has 0 spiro atoms. The highest BCUT2D eigenvalue weighted by molar-refractivity contribution is 8.24. The number of allylic oxidation sites excluding steroid dienone is 2. The molecule has 0 amide bonds. The van der Waals surface area contributed by atoms with E-state index in [4.69, 9.17) is 11.8 Å². The van der Waals surface area contributed by atoms with Gasteiger partial charge < -0.3 is 0 Å². The molecule has 0 saturated carbocycles. The first-order valence-electron chi connectivity index (χ1n) is 6.48. The summed E-state index contributed by atoms with van der Waals surface area (Å²) in [6.07, 6.45) is 5.99. The maximum atomic E-state index is 6.19. The van der Waals surface area contributed by atoms with Crippen LogP contribution in [0.5, 0.6) is 0 Å². The van der Waals surface area contributed by atoms with Gasteiger partial charge in [0.15, 0.2) is 0 Å². The number of benzene rings is 2. The molecular formula is C18H15PS. The SMILES string of the molecule is C=CC1=Cc2ccccc2P1(=S)c1ccccc1C=C. The van der Waals surface area contributed by atoms with Gasteiger partial charge in [-0.25, -0.2) is 0 Å². The molecule has 0 radical (unpaired) electrons. The summed E-state index contributed by atoms with van der Waals surface area (Å²) in [4.78, 5) is 0. The van der Waals surface area contributed by atoms with Crippen LogP contribution in [-0.4, -0.2) is 0 Å². The van der Waals surface area contributed by atoms with Crippen LogP contribution in [0.2, 0.25) is 0 Å². The Hall–Kier alpha value is -1.69. The minimum Gasteiger partial charge on any atom is -0.0984 e. The predicted molar refractivity (Wildman–Crippen MR) is 94.7 cm³/mol. The van der Waals surface area contributed by atoms with Gasteiger partial charge in [0, 0.05) is 16.6 Å². The van der Waals surface area contributed by atoms with Gasteiger partial charge in [0.05, 0.1) is 0 Å². The average Bonchev–Trinajstić information content (AvgIpc) is 2.81. The van der Waals surface area contributed by atoms with E-state index in [0.29, 0.717) is 0 Å². The van der Waals surface area contributed by atoms with Gasteiger partial charge >= 0.3 is 0 Å². The van der Waals surface area contributed by atoms with Gasteiger partial charge in [0.1, 0.15) is 0 Å². The fourth-order valence-corrected chi connectivity index (χ4v) is 7.09. The molecule has 1 unspecified atom stereocenters. The summed E-state index contributed by atoms with van der Waals surface area (Å²) < 4.78 is 0. The van der Waals surface area contributed by atoms with Gasteiger partial charge in [-0.1, -0.05) is 85.6 Å². The van der Waals surface area contributed by atoms with Crippen LogP contribution >= 0.6 is 6.04 Å². The second-order valence-electron chi connectivity index (χ2n) is 4.70. The van der Waals surface area contributed by atoms with Crippen LogP contribution < -0.4 is 10.6 Å². The molecule has 0 bridgehead atoms. The second kappa shape index (κ2) is 5.01. The van der Waals surface area contributed by atoms with E-state index in [-0.39, 0.29) is 0 Å². The molecule has 20 heavy (non-hydrogen) atoms. The van der Waals surface area contributed by atoms with E-state index in [9.17, 15) is 0 Å². The van der Waals surface area contributed by atoms with Crippen LogP contribution in [0.15, 0.2) is 73.1 Å². The zero-order valence-corrected chi connectivity index (χ0v) is 12.8. The molecule has 3 rings (SSSR count). The van der Waals surface area contributed by atoms with Crippen LogP contribution in [0.1, 0.15) is 11.1 Å². The topological polar surface area (TPSA) is 0 Å². The Morgan fingerprint density at radius 1 is 0.850 bits per heavy atom. The first-order chi connectivity index (χ1) is 9.71. The molecule has 2 heteroatoms.